The van der Waals surface area contributed by atoms with E-state index in [1.54, 1.807) is 0 Å². The molecule has 0 amide bonds. The van der Waals surface area contributed by atoms with Crippen molar-refractivity contribution in [3.05, 3.63) is 36.1 Å². The molecule has 0 radical (unpaired) electrons. The van der Waals surface area contributed by atoms with E-state index in [1.807, 2.05) is 18.4 Å². The first-order valence-electron chi connectivity index (χ1n) is 7.42. The van der Waals surface area contributed by atoms with Gasteiger partial charge < -0.3 is 9.73 Å². The summed E-state index contributed by atoms with van der Waals surface area (Å²) in [6.07, 6.45) is 5.91. The van der Waals surface area contributed by atoms with Crippen molar-refractivity contribution >= 4 is 11.0 Å². The van der Waals surface area contributed by atoms with Crippen LogP contribution in [0.5, 0.6) is 0 Å². The molecule has 1 heterocycles. The third-order valence-electron chi connectivity index (χ3n) is 4.55. The Morgan fingerprint density at radius 2 is 2.05 bits per heavy atom. The number of rotatable bonds is 3. The van der Waals surface area contributed by atoms with Gasteiger partial charge in [0, 0.05) is 23.5 Å². The van der Waals surface area contributed by atoms with Crippen LogP contribution in [0.4, 0.5) is 0 Å². The fraction of sp³-hybridized carbons (Fsp3) is 0.529. The van der Waals surface area contributed by atoms with Crippen LogP contribution in [0.3, 0.4) is 0 Å². The first kappa shape index (κ1) is 12.7. The molecule has 1 N–H and O–H groups in total. The highest BCUT2D eigenvalue weighted by atomic mass is 16.3. The van der Waals surface area contributed by atoms with Gasteiger partial charge in [0.25, 0.3) is 0 Å². The zero-order valence-electron chi connectivity index (χ0n) is 11.9. The van der Waals surface area contributed by atoms with E-state index < -0.39 is 0 Å². The van der Waals surface area contributed by atoms with E-state index in [4.69, 9.17) is 4.42 Å². The molecule has 102 valence electrons. The van der Waals surface area contributed by atoms with E-state index in [1.165, 1.54) is 30.2 Å². The first-order valence-corrected chi connectivity index (χ1v) is 7.42. The molecule has 3 atom stereocenters. The van der Waals surface area contributed by atoms with Crippen LogP contribution in [0.25, 0.3) is 11.0 Å². The fourth-order valence-electron chi connectivity index (χ4n) is 3.38. The first-order chi connectivity index (χ1) is 9.24. The van der Waals surface area contributed by atoms with Crippen LogP contribution in [0.1, 0.15) is 38.7 Å². The molecule has 19 heavy (non-hydrogen) atoms. The second kappa shape index (κ2) is 5.38. The predicted octanol–water partition coefficient (Wildman–Crippen LogP) is 4.35. The fourth-order valence-corrected chi connectivity index (χ4v) is 3.38. The number of benzene rings is 1. The molecule has 2 aromatic rings. The summed E-state index contributed by atoms with van der Waals surface area (Å²) in [5, 5.41) is 4.97. The van der Waals surface area contributed by atoms with Gasteiger partial charge >= 0.3 is 0 Å². The second-order valence-corrected chi connectivity index (χ2v) is 6.14. The van der Waals surface area contributed by atoms with E-state index in [-0.39, 0.29) is 0 Å². The third kappa shape index (κ3) is 2.69. The Bertz CT molecular complexity index is 545. The lowest BCUT2D eigenvalue weighted by Crippen LogP contribution is -2.38. The van der Waals surface area contributed by atoms with Gasteiger partial charge in [0.1, 0.15) is 5.58 Å². The molecule has 0 saturated heterocycles. The van der Waals surface area contributed by atoms with Crippen LogP contribution in [-0.4, -0.2) is 6.04 Å². The van der Waals surface area contributed by atoms with E-state index in [2.05, 4.69) is 31.3 Å². The van der Waals surface area contributed by atoms with Gasteiger partial charge in [-0.05, 0) is 37.2 Å². The van der Waals surface area contributed by atoms with Crippen molar-refractivity contribution < 1.29 is 4.42 Å². The van der Waals surface area contributed by atoms with Crippen LogP contribution in [0.2, 0.25) is 0 Å². The molecule has 0 spiro atoms. The van der Waals surface area contributed by atoms with Gasteiger partial charge in [0.15, 0.2) is 0 Å². The standard InChI is InChI=1S/C17H23NO/c1-12-7-8-16(13(2)9-12)18-10-14-11-19-17-6-4-3-5-15(14)17/h3-6,11-13,16,18H,7-10H2,1-2H3. The van der Waals surface area contributed by atoms with Crippen molar-refractivity contribution in [3.8, 4) is 0 Å². The van der Waals surface area contributed by atoms with Gasteiger partial charge in [-0.3, -0.25) is 0 Å². The van der Waals surface area contributed by atoms with Crippen molar-refractivity contribution in [2.75, 3.05) is 0 Å². The van der Waals surface area contributed by atoms with Crippen molar-refractivity contribution in [3.63, 3.8) is 0 Å². The number of hydrogen-bond donors (Lipinski definition) is 1. The zero-order chi connectivity index (χ0) is 13.2. The van der Waals surface area contributed by atoms with Crippen LogP contribution >= 0.6 is 0 Å². The molecule has 2 nitrogen and oxygen atoms in total. The minimum absolute atomic E-state index is 0.657. The number of nitrogens with one attached hydrogen (secondary N) is 1. The van der Waals surface area contributed by atoms with Crippen molar-refractivity contribution in [2.24, 2.45) is 11.8 Å². The average molecular weight is 257 g/mol. The molecule has 1 saturated carbocycles. The van der Waals surface area contributed by atoms with Crippen molar-refractivity contribution in [1.29, 1.82) is 0 Å². The smallest absolute Gasteiger partial charge is 0.134 e. The second-order valence-electron chi connectivity index (χ2n) is 6.14. The van der Waals surface area contributed by atoms with Crippen LogP contribution in [-0.2, 0) is 6.54 Å². The summed E-state index contributed by atoms with van der Waals surface area (Å²) in [5.41, 5.74) is 2.27. The lowest BCUT2D eigenvalue weighted by Gasteiger charge is -2.33. The van der Waals surface area contributed by atoms with E-state index in [0.29, 0.717) is 6.04 Å². The van der Waals surface area contributed by atoms with E-state index >= 15 is 0 Å². The number of fused-ring (bicyclic) bond motifs is 1. The Balaban J connectivity index is 1.66. The highest BCUT2D eigenvalue weighted by Crippen LogP contribution is 2.29. The topological polar surface area (TPSA) is 25.2 Å². The van der Waals surface area contributed by atoms with Crippen LogP contribution in [0.15, 0.2) is 34.9 Å². The summed E-state index contributed by atoms with van der Waals surface area (Å²) >= 11 is 0. The van der Waals surface area contributed by atoms with Gasteiger partial charge in [-0.15, -0.1) is 0 Å². The SMILES string of the molecule is CC1CCC(NCc2coc3ccccc23)C(C)C1. The summed E-state index contributed by atoms with van der Waals surface area (Å²) < 4.78 is 5.59. The van der Waals surface area contributed by atoms with E-state index in [0.717, 1.165) is 24.0 Å². The van der Waals surface area contributed by atoms with Gasteiger partial charge in [-0.25, -0.2) is 0 Å². The van der Waals surface area contributed by atoms with Gasteiger partial charge in [-0.1, -0.05) is 32.0 Å². The highest BCUT2D eigenvalue weighted by Gasteiger charge is 2.24. The zero-order valence-corrected chi connectivity index (χ0v) is 11.9. The minimum atomic E-state index is 0.657. The molecule has 0 bridgehead atoms. The summed E-state index contributed by atoms with van der Waals surface area (Å²) in [5.74, 6) is 1.67. The molecule has 3 rings (SSSR count). The molecule has 1 aliphatic rings. The van der Waals surface area contributed by atoms with Crippen LogP contribution < -0.4 is 5.32 Å². The molecule has 1 fully saturated rings. The molecular formula is C17H23NO. The third-order valence-corrected chi connectivity index (χ3v) is 4.55. The summed E-state index contributed by atoms with van der Waals surface area (Å²) in [6, 6.07) is 8.93. The minimum Gasteiger partial charge on any atom is -0.464 e. The Labute approximate surface area is 115 Å². The average Bonchev–Trinajstić information content (AvgIpc) is 2.81. The lowest BCUT2D eigenvalue weighted by molar-refractivity contribution is 0.227. The lowest BCUT2D eigenvalue weighted by atomic mass is 9.80. The summed E-state index contributed by atoms with van der Waals surface area (Å²) in [4.78, 5) is 0. The number of hydrogen-bond acceptors (Lipinski definition) is 2. The summed E-state index contributed by atoms with van der Waals surface area (Å²) in [7, 11) is 0. The number of para-hydroxylation sites is 1. The predicted molar refractivity (Wildman–Crippen MR) is 79.0 cm³/mol. The molecule has 0 aliphatic heterocycles. The Morgan fingerprint density at radius 1 is 1.21 bits per heavy atom. The van der Waals surface area contributed by atoms with Crippen molar-refractivity contribution in [1.82, 2.24) is 5.32 Å². The molecule has 2 heteroatoms. The number of furan rings is 1. The summed E-state index contributed by atoms with van der Waals surface area (Å²) in [6.45, 7) is 5.66. The van der Waals surface area contributed by atoms with Crippen molar-refractivity contribution in [2.45, 2.75) is 45.7 Å². The quantitative estimate of drug-likeness (QED) is 0.884. The normalized spacial score (nSPS) is 27.8. The van der Waals surface area contributed by atoms with Crippen LogP contribution in [0, 0.1) is 11.8 Å². The maximum Gasteiger partial charge on any atom is 0.134 e. The molecule has 1 aromatic carbocycles. The molecule has 1 aliphatic carbocycles. The Hall–Kier alpha value is -1.28. The maximum absolute atomic E-state index is 5.59. The van der Waals surface area contributed by atoms with Gasteiger partial charge in [0.2, 0.25) is 0 Å². The molecular weight excluding hydrogens is 234 g/mol. The Kier molecular flexibility index (Phi) is 3.61. The Morgan fingerprint density at radius 3 is 2.89 bits per heavy atom. The monoisotopic (exact) mass is 257 g/mol. The largest absolute Gasteiger partial charge is 0.464 e. The van der Waals surface area contributed by atoms with Gasteiger partial charge in [0.05, 0.1) is 6.26 Å². The molecule has 3 unspecified atom stereocenters. The van der Waals surface area contributed by atoms with E-state index in [9.17, 15) is 0 Å². The molecule has 1 aromatic heterocycles. The highest BCUT2D eigenvalue weighted by molar-refractivity contribution is 5.80. The maximum atomic E-state index is 5.59. The van der Waals surface area contributed by atoms with Gasteiger partial charge in [-0.2, -0.15) is 0 Å².